The Morgan fingerprint density at radius 1 is 1.20 bits per heavy atom. The predicted octanol–water partition coefficient (Wildman–Crippen LogP) is 2.84. The first-order valence-corrected chi connectivity index (χ1v) is 10.9. The molecule has 1 aromatic carbocycles. The number of alkyl halides is 3. The van der Waals surface area contributed by atoms with Crippen molar-refractivity contribution in [1.29, 1.82) is 0 Å². The Morgan fingerprint density at radius 3 is 2.33 bits per heavy atom. The number of carbonyl (C=O) groups is 1. The van der Waals surface area contributed by atoms with Crippen molar-refractivity contribution >= 4 is 15.9 Å². The topological polar surface area (TPSA) is 84.9 Å². The fraction of sp³-hybridized carbons (Fsp3) is 0.526. The number of hydrogen-bond donors (Lipinski definition) is 1. The first kappa shape index (κ1) is 24.2. The van der Waals surface area contributed by atoms with Gasteiger partial charge in [-0.1, -0.05) is 5.57 Å². The molecule has 1 N–H and O–H groups in total. The second-order valence-corrected chi connectivity index (χ2v) is 8.87. The molecule has 0 unspecified atom stereocenters. The molecule has 1 heterocycles. The molecule has 0 spiro atoms. The van der Waals surface area contributed by atoms with Gasteiger partial charge in [0.15, 0.2) is 0 Å². The van der Waals surface area contributed by atoms with Gasteiger partial charge in [0.25, 0.3) is 0 Å². The van der Waals surface area contributed by atoms with E-state index < -0.39 is 22.1 Å². The van der Waals surface area contributed by atoms with Crippen molar-refractivity contribution in [1.82, 2.24) is 9.62 Å². The molecule has 1 aliphatic heterocycles. The van der Waals surface area contributed by atoms with E-state index in [0.717, 1.165) is 29.8 Å². The van der Waals surface area contributed by atoms with Crippen LogP contribution in [-0.4, -0.2) is 57.3 Å². The van der Waals surface area contributed by atoms with Gasteiger partial charge in [-0.15, -0.1) is 13.2 Å². The molecule has 1 saturated heterocycles. The van der Waals surface area contributed by atoms with E-state index in [1.807, 2.05) is 13.8 Å². The first-order chi connectivity index (χ1) is 14.0. The fourth-order valence-corrected chi connectivity index (χ4v) is 4.27. The normalized spacial score (nSPS) is 15.9. The van der Waals surface area contributed by atoms with Crippen LogP contribution in [0.15, 0.2) is 40.8 Å². The molecule has 168 valence electrons. The lowest BCUT2D eigenvalue weighted by atomic mass is 10.1. The van der Waals surface area contributed by atoms with Crippen LogP contribution in [0.25, 0.3) is 0 Å². The lowest BCUT2D eigenvalue weighted by molar-refractivity contribution is -0.274. The van der Waals surface area contributed by atoms with Gasteiger partial charge in [-0.2, -0.15) is 4.31 Å². The van der Waals surface area contributed by atoms with Crippen molar-refractivity contribution in [3.8, 4) is 5.75 Å². The molecule has 1 aliphatic rings. The SMILES string of the molecule is CC(C)OCCNC(=O)C=C1CCN(S(=O)(=O)c2ccc(OC(F)(F)F)cc2)CC1. The van der Waals surface area contributed by atoms with Gasteiger partial charge in [0.1, 0.15) is 5.75 Å². The highest BCUT2D eigenvalue weighted by Crippen LogP contribution is 2.27. The van der Waals surface area contributed by atoms with Crippen molar-refractivity contribution in [3.63, 3.8) is 0 Å². The van der Waals surface area contributed by atoms with E-state index in [2.05, 4.69) is 10.1 Å². The largest absolute Gasteiger partial charge is 0.573 e. The maximum absolute atomic E-state index is 12.7. The van der Waals surface area contributed by atoms with Gasteiger partial charge in [0.2, 0.25) is 15.9 Å². The Labute approximate surface area is 173 Å². The summed E-state index contributed by atoms with van der Waals surface area (Å²) in [4.78, 5) is 11.8. The molecule has 7 nitrogen and oxygen atoms in total. The molecule has 1 aromatic rings. The van der Waals surface area contributed by atoms with E-state index in [0.29, 0.717) is 26.0 Å². The number of nitrogens with one attached hydrogen (secondary N) is 1. The number of piperidine rings is 1. The van der Waals surface area contributed by atoms with Crippen molar-refractivity contribution in [2.24, 2.45) is 0 Å². The van der Waals surface area contributed by atoms with E-state index >= 15 is 0 Å². The monoisotopic (exact) mass is 450 g/mol. The second kappa shape index (κ2) is 10.3. The smallest absolute Gasteiger partial charge is 0.406 e. The standard InChI is InChI=1S/C19H25F3N2O5S/c1-14(2)28-12-9-23-18(25)13-15-7-10-24(11-8-15)30(26,27)17-5-3-16(4-6-17)29-19(20,21)22/h3-6,13-14H,7-12H2,1-2H3,(H,23,25). The van der Waals surface area contributed by atoms with Crippen molar-refractivity contribution in [2.75, 3.05) is 26.2 Å². The summed E-state index contributed by atoms with van der Waals surface area (Å²) in [7, 11) is -3.85. The van der Waals surface area contributed by atoms with E-state index in [9.17, 15) is 26.4 Å². The summed E-state index contributed by atoms with van der Waals surface area (Å²) in [6.45, 7) is 4.95. The van der Waals surface area contributed by atoms with E-state index in [4.69, 9.17) is 4.74 Å². The Bertz CT molecular complexity index is 842. The van der Waals surface area contributed by atoms with Crippen LogP contribution >= 0.6 is 0 Å². The molecular formula is C19H25F3N2O5S. The molecule has 1 amide bonds. The average molecular weight is 450 g/mol. The highest BCUT2D eigenvalue weighted by atomic mass is 32.2. The average Bonchev–Trinajstić information content (AvgIpc) is 2.65. The van der Waals surface area contributed by atoms with Crippen LogP contribution in [0, 0.1) is 0 Å². The predicted molar refractivity (Wildman–Crippen MR) is 103 cm³/mol. The molecule has 0 saturated carbocycles. The van der Waals surface area contributed by atoms with Crippen molar-refractivity contribution in [3.05, 3.63) is 35.9 Å². The molecule has 0 bridgehead atoms. The summed E-state index contributed by atoms with van der Waals surface area (Å²) in [5.41, 5.74) is 0.831. The Kier molecular flexibility index (Phi) is 8.27. The maximum Gasteiger partial charge on any atom is 0.573 e. The Morgan fingerprint density at radius 2 is 1.80 bits per heavy atom. The lowest BCUT2D eigenvalue weighted by Gasteiger charge is -2.27. The number of nitrogens with zero attached hydrogens (tertiary/aromatic N) is 1. The Hall–Kier alpha value is -2.11. The van der Waals surface area contributed by atoms with Crippen LogP contribution in [0.2, 0.25) is 0 Å². The first-order valence-electron chi connectivity index (χ1n) is 9.42. The molecule has 11 heteroatoms. The number of rotatable bonds is 8. The van der Waals surface area contributed by atoms with Crippen LogP contribution in [-0.2, 0) is 19.6 Å². The van der Waals surface area contributed by atoms with Crippen LogP contribution in [0.3, 0.4) is 0 Å². The highest BCUT2D eigenvalue weighted by Gasteiger charge is 2.32. The number of benzene rings is 1. The van der Waals surface area contributed by atoms with Gasteiger partial charge < -0.3 is 14.8 Å². The van der Waals surface area contributed by atoms with E-state index in [-0.39, 0.29) is 30.0 Å². The van der Waals surface area contributed by atoms with E-state index in [1.54, 1.807) is 0 Å². The van der Waals surface area contributed by atoms with Gasteiger partial charge in [-0.25, -0.2) is 8.42 Å². The molecular weight excluding hydrogens is 425 g/mol. The van der Waals surface area contributed by atoms with Crippen molar-refractivity contribution < 1.29 is 35.9 Å². The number of hydrogen-bond acceptors (Lipinski definition) is 5. The van der Waals surface area contributed by atoms with Crippen LogP contribution < -0.4 is 10.1 Å². The summed E-state index contributed by atoms with van der Waals surface area (Å²) in [5.74, 6) is -0.746. The van der Waals surface area contributed by atoms with Crippen LogP contribution in [0.4, 0.5) is 13.2 Å². The number of carbonyl (C=O) groups excluding carboxylic acids is 1. The summed E-state index contributed by atoms with van der Waals surface area (Å²) >= 11 is 0. The third kappa shape index (κ3) is 7.62. The zero-order chi connectivity index (χ0) is 22.4. The quantitative estimate of drug-likeness (QED) is 0.486. The number of amides is 1. The van der Waals surface area contributed by atoms with Gasteiger partial charge in [-0.05, 0) is 51.0 Å². The molecule has 0 aromatic heterocycles. The van der Waals surface area contributed by atoms with Gasteiger partial charge in [0, 0.05) is 25.7 Å². The Balaban J connectivity index is 1.89. The molecule has 0 aliphatic carbocycles. The van der Waals surface area contributed by atoms with Gasteiger partial charge in [0.05, 0.1) is 17.6 Å². The minimum absolute atomic E-state index is 0.0832. The zero-order valence-electron chi connectivity index (χ0n) is 16.7. The van der Waals surface area contributed by atoms with Crippen LogP contribution in [0.1, 0.15) is 26.7 Å². The van der Waals surface area contributed by atoms with Gasteiger partial charge in [-0.3, -0.25) is 4.79 Å². The fourth-order valence-electron chi connectivity index (χ4n) is 2.83. The minimum atomic E-state index is -4.84. The molecule has 2 rings (SSSR count). The maximum atomic E-state index is 12.7. The molecule has 0 radical (unpaired) electrons. The molecule has 30 heavy (non-hydrogen) atoms. The zero-order valence-corrected chi connectivity index (χ0v) is 17.6. The summed E-state index contributed by atoms with van der Waals surface area (Å²) < 4.78 is 72.4. The molecule has 0 atom stereocenters. The lowest BCUT2D eigenvalue weighted by Crippen LogP contribution is -2.36. The summed E-state index contributed by atoms with van der Waals surface area (Å²) in [6, 6.07) is 4.08. The third-order valence-corrected chi connectivity index (χ3v) is 6.16. The minimum Gasteiger partial charge on any atom is -0.406 e. The third-order valence-electron chi connectivity index (χ3n) is 4.25. The summed E-state index contributed by atoms with van der Waals surface area (Å²) in [5, 5.41) is 2.71. The number of sulfonamides is 1. The van der Waals surface area contributed by atoms with Crippen molar-refractivity contribution in [2.45, 2.75) is 44.1 Å². The number of ether oxygens (including phenoxy) is 2. The second-order valence-electron chi connectivity index (χ2n) is 6.94. The summed E-state index contributed by atoms with van der Waals surface area (Å²) in [6.07, 6.45) is -2.50. The van der Waals surface area contributed by atoms with Crippen LogP contribution in [0.5, 0.6) is 5.75 Å². The van der Waals surface area contributed by atoms with Gasteiger partial charge >= 0.3 is 6.36 Å². The number of halogens is 3. The highest BCUT2D eigenvalue weighted by molar-refractivity contribution is 7.89. The van der Waals surface area contributed by atoms with E-state index in [1.165, 1.54) is 10.4 Å². The molecule has 1 fully saturated rings.